The van der Waals surface area contributed by atoms with Gasteiger partial charge >= 0.3 is 12.2 Å². The van der Waals surface area contributed by atoms with Crippen molar-refractivity contribution in [2.24, 2.45) is 5.92 Å². The summed E-state index contributed by atoms with van der Waals surface area (Å²) in [6.45, 7) is 3.79. The smallest absolute Gasteiger partial charge is 0.325 e. The number of alkyl halides is 3. The van der Waals surface area contributed by atoms with Crippen molar-refractivity contribution in [3.63, 3.8) is 0 Å². The average molecular weight is 300 g/mol. The van der Waals surface area contributed by atoms with E-state index in [1.54, 1.807) is 0 Å². The molecule has 4 nitrogen and oxygen atoms in total. The standard InChI is InChI=1S/C14H15F3N2O2/c1-8(2)6-11-12(20)19(13(21)18-11)10-5-3-4-9(7-10)14(15,16)17/h3-5,7-8,11H,6H2,1-2H3,(H,18,21)/t11-/m0/s1. The molecule has 1 aliphatic heterocycles. The molecule has 1 N–H and O–H groups in total. The molecule has 0 spiro atoms. The number of carbonyl (C=O) groups excluding carboxylic acids is 2. The number of amides is 3. The van der Waals surface area contributed by atoms with E-state index in [4.69, 9.17) is 0 Å². The highest BCUT2D eigenvalue weighted by atomic mass is 19.4. The maximum Gasteiger partial charge on any atom is 0.416 e. The van der Waals surface area contributed by atoms with Crippen LogP contribution in [0.1, 0.15) is 25.8 Å². The number of nitrogens with one attached hydrogen (secondary N) is 1. The summed E-state index contributed by atoms with van der Waals surface area (Å²) in [4.78, 5) is 24.8. The van der Waals surface area contributed by atoms with E-state index in [2.05, 4.69) is 5.32 Å². The first-order valence-electron chi connectivity index (χ1n) is 6.52. The number of urea groups is 1. The molecule has 1 fully saturated rings. The Morgan fingerprint density at radius 3 is 2.52 bits per heavy atom. The van der Waals surface area contributed by atoms with Gasteiger partial charge in [-0.05, 0) is 30.5 Å². The van der Waals surface area contributed by atoms with Gasteiger partial charge in [0.05, 0.1) is 11.3 Å². The minimum absolute atomic E-state index is 0.0708. The fourth-order valence-corrected chi connectivity index (χ4v) is 2.23. The third-order valence-corrected chi connectivity index (χ3v) is 3.16. The summed E-state index contributed by atoms with van der Waals surface area (Å²) < 4.78 is 38.1. The summed E-state index contributed by atoms with van der Waals surface area (Å²) in [6, 6.07) is 2.80. The van der Waals surface area contributed by atoms with Gasteiger partial charge in [0.15, 0.2) is 0 Å². The third kappa shape index (κ3) is 3.17. The summed E-state index contributed by atoms with van der Waals surface area (Å²) in [5, 5.41) is 2.50. The highest BCUT2D eigenvalue weighted by Gasteiger charge is 2.40. The SMILES string of the molecule is CC(C)C[C@@H]1NC(=O)N(c2cccc(C(F)(F)F)c2)C1=O. The van der Waals surface area contributed by atoms with Gasteiger partial charge in [-0.3, -0.25) is 4.79 Å². The number of carbonyl (C=O) groups is 2. The van der Waals surface area contributed by atoms with E-state index in [1.807, 2.05) is 13.8 Å². The molecule has 0 bridgehead atoms. The molecule has 0 aliphatic carbocycles. The fourth-order valence-electron chi connectivity index (χ4n) is 2.23. The molecular formula is C14H15F3N2O2. The molecule has 3 amide bonds. The molecule has 1 heterocycles. The predicted octanol–water partition coefficient (Wildman–Crippen LogP) is 3.18. The highest BCUT2D eigenvalue weighted by molar-refractivity contribution is 6.21. The Labute approximate surface area is 119 Å². The molecule has 1 atom stereocenters. The van der Waals surface area contributed by atoms with E-state index in [1.165, 1.54) is 12.1 Å². The van der Waals surface area contributed by atoms with Crippen molar-refractivity contribution in [1.29, 1.82) is 0 Å². The molecule has 0 aromatic heterocycles. The molecule has 1 aromatic carbocycles. The van der Waals surface area contributed by atoms with Crippen LogP contribution in [-0.4, -0.2) is 18.0 Å². The monoisotopic (exact) mass is 300 g/mol. The largest absolute Gasteiger partial charge is 0.416 e. The van der Waals surface area contributed by atoms with Gasteiger partial charge in [-0.25, -0.2) is 9.69 Å². The summed E-state index contributed by atoms with van der Waals surface area (Å²) in [5.41, 5.74) is -0.966. The number of imide groups is 1. The number of benzene rings is 1. The topological polar surface area (TPSA) is 49.4 Å². The molecule has 1 saturated heterocycles. The van der Waals surface area contributed by atoms with Crippen LogP contribution in [0.2, 0.25) is 0 Å². The lowest BCUT2D eigenvalue weighted by molar-refractivity contribution is -0.137. The molecule has 0 saturated carbocycles. The van der Waals surface area contributed by atoms with Gasteiger partial charge in [0.1, 0.15) is 6.04 Å². The molecule has 7 heteroatoms. The number of anilines is 1. The van der Waals surface area contributed by atoms with Crippen LogP contribution in [0.15, 0.2) is 24.3 Å². The summed E-state index contributed by atoms with van der Waals surface area (Å²) in [6.07, 6.45) is -4.08. The van der Waals surface area contributed by atoms with Gasteiger partial charge < -0.3 is 5.32 Å². The Hall–Kier alpha value is -2.05. The molecule has 1 aliphatic rings. The van der Waals surface area contributed by atoms with E-state index in [9.17, 15) is 22.8 Å². The lowest BCUT2D eigenvalue weighted by atomic mass is 10.0. The summed E-state index contributed by atoms with van der Waals surface area (Å²) in [5.74, 6) is -0.339. The van der Waals surface area contributed by atoms with E-state index in [0.29, 0.717) is 6.42 Å². The van der Waals surface area contributed by atoms with Gasteiger partial charge in [0, 0.05) is 0 Å². The van der Waals surface area contributed by atoms with Crippen molar-refractivity contribution in [3.05, 3.63) is 29.8 Å². The van der Waals surface area contributed by atoms with E-state index in [0.717, 1.165) is 17.0 Å². The minimum Gasteiger partial charge on any atom is -0.325 e. The number of hydrogen-bond acceptors (Lipinski definition) is 2. The first-order chi connectivity index (χ1) is 9.70. The van der Waals surface area contributed by atoms with E-state index in [-0.39, 0.29) is 11.6 Å². The van der Waals surface area contributed by atoms with Crippen molar-refractivity contribution in [1.82, 2.24) is 5.32 Å². The van der Waals surface area contributed by atoms with Crippen LogP contribution in [0, 0.1) is 5.92 Å². The Morgan fingerprint density at radius 2 is 1.95 bits per heavy atom. The summed E-state index contributed by atoms with van der Waals surface area (Å²) in [7, 11) is 0. The fraction of sp³-hybridized carbons (Fsp3) is 0.429. The van der Waals surface area contributed by atoms with Gasteiger partial charge in [-0.2, -0.15) is 13.2 Å². The van der Waals surface area contributed by atoms with Crippen LogP contribution in [0.4, 0.5) is 23.7 Å². The average Bonchev–Trinajstić information content (AvgIpc) is 2.63. The second-order valence-corrected chi connectivity index (χ2v) is 5.35. The van der Waals surface area contributed by atoms with Gasteiger partial charge in [0.2, 0.25) is 0 Å². The number of rotatable bonds is 3. The van der Waals surface area contributed by atoms with Crippen LogP contribution >= 0.6 is 0 Å². The molecule has 1 aromatic rings. The molecule has 21 heavy (non-hydrogen) atoms. The zero-order valence-corrected chi connectivity index (χ0v) is 11.6. The van der Waals surface area contributed by atoms with Crippen molar-refractivity contribution in [2.75, 3.05) is 4.90 Å². The van der Waals surface area contributed by atoms with Crippen LogP contribution in [0.3, 0.4) is 0 Å². The molecule has 114 valence electrons. The van der Waals surface area contributed by atoms with E-state index < -0.39 is 29.7 Å². The van der Waals surface area contributed by atoms with Crippen molar-refractivity contribution >= 4 is 17.6 Å². The zero-order chi connectivity index (χ0) is 15.8. The van der Waals surface area contributed by atoms with Crippen LogP contribution in [0.25, 0.3) is 0 Å². The van der Waals surface area contributed by atoms with Gasteiger partial charge in [0.25, 0.3) is 5.91 Å². The maximum atomic E-state index is 12.7. The Balaban J connectivity index is 2.30. The van der Waals surface area contributed by atoms with Crippen LogP contribution in [0.5, 0.6) is 0 Å². The number of hydrogen-bond donors (Lipinski definition) is 1. The lowest BCUT2D eigenvalue weighted by Crippen LogP contribution is -2.32. The number of halogens is 3. The highest BCUT2D eigenvalue weighted by Crippen LogP contribution is 2.32. The zero-order valence-electron chi connectivity index (χ0n) is 11.6. The molecular weight excluding hydrogens is 285 g/mol. The number of nitrogens with zero attached hydrogens (tertiary/aromatic N) is 1. The maximum absolute atomic E-state index is 12.7. The van der Waals surface area contributed by atoms with E-state index >= 15 is 0 Å². The molecule has 0 radical (unpaired) electrons. The molecule has 0 unspecified atom stereocenters. The van der Waals surface area contributed by atoms with Crippen molar-refractivity contribution in [3.8, 4) is 0 Å². The van der Waals surface area contributed by atoms with Crippen molar-refractivity contribution < 1.29 is 22.8 Å². The lowest BCUT2D eigenvalue weighted by Gasteiger charge is -2.15. The Kier molecular flexibility index (Phi) is 3.93. The first kappa shape index (κ1) is 15.3. The Bertz CT molecular complexity index is 570. The van der Waals surface area contributed by atoms with Gasteiger partial charge in [-0.1, -0.05) is 19.9 Å². The van der Waals surface area contributed by atoms with Crippen LogP contribution < -0.4 is 10.2 Å². The predicted molar refractivity (Wildman–Crippen MR) is 70.7 cm³/mol. The first-order valence-corrected chi connectivity index (χ1v) is 6.52. The second kappa shape index (κ2) is 5.38. The van der Waals surface area contributed by atoms with Gasteiger partial charge in [-0.15, -0.1) is 0 Å². The normalized spacial score (nSPS) is 19.3. The molecule has 2 rings (SSSR count). The second-order valence-electron chi connectivity index (χ2n) is 5.35. The quantitative estimate of drug-likeness (QED) is 0.872. The van der Waals surface area contributed by atoms with Crippen molar-refractivity contribution in [2.45, 2.75) is 32.5 Å². The Morgan fingerprint density at radius 1 is 1.29 bits per heavy atom. The third-order valence-electron chi connectivity index (χ3n) is 3.16. The summed E-state index contributed by atoms with van der Waals surface area (Å²) >= 11 is 0. The minimum atomic E-state index is -4.52. The van der Waals surface area contributed by atoms with Crippen LogP contribution in [-0.2, 0) is 11.0 Å².